The molecule has 84 valence electrons. The van der Waals surface area contributed by atoms with Gasteiger partial charge in [0.1, 0.15) is 12.2 Å². The monoisotopic (exact) mass is 234 g/mol. The molecule has 0 unspecified atom stereocenters. The molecule has 0 spiro atoms. The molecule has 5 heteroatoms. The van der Waals surface area contributed by atoms with Crippen LogP contribution in [0.5, 0.6) is 0 Å². The van der Waals surface area contributed by atoms with E-state index >= 15 is 0 Å². The van der Waals surface area contributed by atoms with Gasteiger partial charge in [-0.15, -0.1) is 22.0 Å². The third kappa shape index (κ3) is 2.36. The van der Waals surface area contributed by atoms with E-state index in [4.69, 9.17) is 5.73 Å². The largest absolute Gasteiger partial charge is 0.399 e. The van der Waals surface area contributed by atoms with Gasteiger partial charge in [-0.05, 0) is 30.7 Å². The van der Waals surface area contributed by atoms with Gasteiger partial charge in [-0.3, -0.25) is 0 Å². The molecule has 0 saturated heterocycles. The maximum atomic E-state index is 5.71. The van der Waals surface area contributed by atoms with Crippen LogP contribution in [0, 0.1) is 6.92 Å². The summed E-state index contributed by atoms with van der Waals surface area (Å²) >= 11 is 1.75. The van der Waals surface area contributed by atoms with E-state index in [-0.39, 0.29) is 0 Å². The van der Waals surface area contributed by atoms with E-state index in [9.17, 15) is 0 Å². The maximum absolute atomic E-state index is 5.71. The number of nitrogens with zero attached hydrogens (tertiary/aromatic N) is 3. The molecule has 1 aromatic carbocycles. The minimum absolute atomic E-state index is 0.806. The average Bonchev–Trinajstić information content (AvgIpc) is 2.63. The van der Waals surface area contributed by atoms with Gasteiger partial charge in [0.25, 0.3) is 0 Å². The Balaban J connectivity index is 2.08. The highest BCUT2D eigenvalue weighted by Crippen LogP contribution is 2.26. The predicted molar refractivity (Wildman–Crippen MR) is 66.2 cm³/mol. The summed E-state index contributed by atoms with van der Waals surface area (Å²) in [6.45, 7) is 2.06. The molecule has 0 aliphatic heterocycles. The fourth-order valence-electron chi connectivity index (χ4n) is 1.41. The van der Waals surface area contributed by atoms with Gasteiger partial charge in [0, 0.05) is 17.6 Å². The molecule has 4 nitrogen and oxygen atoms in total. The van der Waals surface area contributed by atoms with E-state index < -0.39 is 0 Å². The lowest BCUT2D eigenvalue weighted by atomic mass is 10.2. The molecular formula is C11H14N4S. The Labute approximate surface area is 98.9 Å². The van der Waals surface area contributed by atoms with Crippen molar-refractivity contribution in [3.63, 3.8) is 0 Å². The van der Waals surface area contributed by atoms with Crippen LogP contribution in [-0.2, 0) is 12.8 Å². The molecule has 0 aliphatic carbocycles. The first-order chi connectivity index (χ1) is 7.66. The lowest BCUT2D eigenvalue weighted by Crippen LogP contribution is -1.95. The van der Waals surface area contributed by atoms with E-state index in [1.165, 1.54) is 10.5 Å². The van der Waals surface area contributed by atoms with Gasteiger partial charge in [0.15, 0.2) is 0 Å². The number of hydrogen-bond acceptors (Lipinski definition) is 4. The Hall–Kier alpha value is -1.49. The second-order valence-corrected chi connectivity index (χ2v) is 4.69. The molecule has 0 aliphatic rings. The summed E-state index contributed by atoms with van der Waals surface area (Å²) in [4.78, 5) is 1.23. The van der Waals surface area contributed by atoms with Gasteiger partial charge >= 0.3 is 0 Å². The lowest BCUT2D eigenvalue weighted by molar-refractivity contribution is 0.849. The number of benzene rings is 1. The summed E-state index contributed by atoms with van der Waals surface area (Å²) in [6.07, 6.45) is 1.71. The smallest absolute Gasteiger partial charge is 0.142 e. The van der Waals surface area contributed by atoms with Crippen LogP contribution in [0.25, 0.3) is 0 Å². The molecule has 0 atom stereocenters. The van der Waals surface area contributed by atoms with Crippen molar-refractivity contribution in [2.24, 2.45) is 7.05 Å². The highest BCUT2D eigenvalue weighted by Gasteiger charge is 2.04. The highest BCUT2D eigenvalue weighted by molar-refractivity contribution is 7.98. The van der Waals surface area contributed by atoms with Crippen molar-refractivity contribution in [1.82, 2.24) is 14.8 Å². The van der Waals surface area contributed by atoms with Crippen molar-refractivity contribution in [2.75, 3.05) is 5.73 Å². The van der Waals surface area contributed by atoms with E-state index in [0.717, 1.165) is 17.3 Å². The number of aryl methyl sites for hydroxylation is 2. The third-order valence-corrected chi connectivity index (χ3v) is 3.53. The summed E-state index contributed by atoms with van der Waals surface area (Å²) in [5.41, 5.74) is 7.71. The number of anilines is 1. The van der Waals surface area contributed by atoms with E-state index in [0.29, 0.717) is 0 Å². The molecule has 1 heterocycles. The van der Waals surface area contributed by atoms with Crippen LogP contribution >= 0.6 is 11.8 Å². The quantitative estimate of drug-likeness (QED) is 0.652. The molecule has 2 N–H and O–H groups in total. The van der Waals surface area contributed by atoms with Crippen molar-refractivity contribution >= 4 is 17.4 Å². The average molecular weight is 234 g/mol. The Morgan fingerprint density at radius 2 is 2.25 bits per heavy atom. The van der Waals surface area contributed by atoms with Gasteiger partial charge in [0.2, 0.25) is 0 Å². The zero-order valence-corrected chi connectivity index (χ0v) is 10.2. The van der Waals surface area contributed by atoms with Crippen LogP contribution in [-0.4, -0.2) is 14.8 Å². The Kier molecular flexibility index (Phi) is 3.14. The van der Waals surface area contributed by atoms with Gasteiger partial charge in [-0.25, -0.2) is 0 Å². The van der Waals surface area contributed by atoms with Gasteiger partial charge in [0.05, 0.1) is 5.75 Å². The summed E-state index contributed by atoms with van der Waals surface area (Å²) in [5, 5.41) is 7.90. The van der Waals surface area contributed by atoms with Gasteiger partial charge < -0.3 is 10.3 Å². The standard InChI is InChI=1S/C11H14N4S/c1-8-5-9(12)3-4-10(8)16-6-11-14-13-7-15(11)2/h3-5,7H,6,12H2,1-2H3. The molecule has 0 radical (unpaired) electrons. The van der Waals surface area contributed by atoms with Crippen molar-refractivity contribution < 1.29 is 0 Å². The molecule has 0 fully saturated rings. The van der Waals surface area contributed by atoms with Crippen molar-refractivity contribution in [3.8, 4) is 0 Å². The van der Waals surface area contributed by atoms with Gasteiger partial charge in [-0.1, -0.05) is 0 Å². The number of aromatic nitrogens is 3. The van der Waals surface area contributed by atoms with E-state index in [1.54, 1.807) is 18.1 Å². The lowest BCUT2D eigenvalue weighted by Gasteiger charge is -2.05. The molecule has 0 amide bonds. The first kappa shape index (κ1) is 11.0. The van der Waals surface area contributed by atoms with Crippen LogP contribution in [0.2, 0.25) is 0 Å². The second kappa shape index (κ2) is 4.57. The Morgan fingerprint density at radius 1 is 1.44 bits per heavy atom. The maximum Gasteiger partial charge on any atom is 0.142 e. The summed E-state index contributed by atoms with van der Waals surface area (Å²) in [5.74, 6) is 1.79. The van der Waals surface area contributed by atoms with Crippen LogP contribution in [0.1, 0.15) is 11.4 Å². The second-order valence-electron chi connectivity index (χ2n) is 3.67. The van der Waals surface area contributed by atoms with Crippen LogP contribution < -0.4 is 5.73 Å². The first-order valence-corrected chi connectivity index (χ1v) is 5.97. The molecular weight excluding hydrogens is 220 g/mol. The number of thioether (sulfide) groups is 1. The van der Waals surface area contributed by atoms with Crippen molar-refractivity contribution in [3.05, 3.63) is 35.9 Å². The van der Waals surface area contributed by atoms with Crippen LogP contribution in [0.3, 0.4) is 0 Å². The Morgan fingerprint density at radius 3 is 2.88 bits per heavy atom. The van der Waals surface area contributed by atoms with E-state index in [2.05, 4.69) is 17.1 Å². The summed E-state index contributed by atoms with van der Waals surface area (Å²) in [6, 6.07) is 5.96. The molecule has 2 aromatic rings. The number of hydrogen-bond donors (Lipinski definition) is 1. The van der Waals surface area contributed by atoms with Gasteiger partial charge in [-0.2, -0.15) is 0 Å². The molecule has 2 rings (SSSR count). The SMILES string of the molecule is Cc1cc(N)ccc1SCc1nncn1C. The van der Waals surface area contributed by atoms with E-state index in [1.807, 2.05) is 29.8 Å². The summed E-state index contributed by atoms with van der Waals surface area (Å²) in [7, 11) is 1.95. The van der Waals surface area contributed by atoms with Crippen LogP contribution in [0.15, 0.2) is 29.4 Å². The number of nitrogens with two attached hydrogens (primary N) is 1. The first-order valence-electron chi connectivity index (χ1n) is 4.98. The van der Waals surface area contributed by atoms with Crippen molar-refractivity contribution in [2.45, 2.75) is 17.6 Å². The zero-order valence-electron chi connectivity index (χ0n) is 9.34. The molecule has 1 aromatic heterocycles. The van der Waals surface area contributed by atoms with Crippen LogP contribution in [0.4, 0.5) is 5.69 Å². The van der Waals surface area contributed by atoms with Crippen molar-refractivity contribution in [1.29, 1.82) is 0 Å². The molecule has 16 heavy (non-hydrogen) atoms. The highest BCUT2D eigenvalue weighted by atomic mass is 32.2. The number of nitrogen functional groups attached to an aromatic ring is 1. The molecule has 0 bridgehead atoms. The Bertz CT molecular complexity index is 492. The minimum Gasteiger partial charge on any atom is -0.399 e. The minimum atomic E-state index is 0.806. The topological polar surface area (TPSA) is 56.7 Å². The fourth-order valence-corrected chi connectivity index (χ4v) is 2.41. The predicted octanol–water partition coefficient (Wildman–Crippen LogP) is 2.00. The zero-order chi connectivity index (χ0) is 11.5. The molecule has 0 saturated carbocycles. The fraction of sp³-hybridized carbons (Fsp3) is 0.273. The normalized spacial score (nSPS) is 10.6. The summed E-state index contributed by atoms with van der Waals surface area (Å²) < 4.78 is 1.93. The third-order valence-electron chi connectivity index (χ3n) is 2.36. The number of rotatable bonds is 3.